The molecule has 1 aromatic carbocycles. The third-order valence-electron chi connectivity index (χ3n) is 2.49. The van der Waals surface area contributed by atoms with Crippen molar-refractivity contribution in [3.63, 3.8) is 0 Å². The van der Waals surface area contributed by atoms with Crippen molar-refractivity contribution in [3.8, 4) is 22.9 Å². The number of nitrogens with zero attached hydrogens (tertiary/aromatic N) is 2. The smallest absolute Gasteiger partial charge is 0.162 e. The van der Waals surface area contributed by atoms with Crippen LogP contribution in [0.2, 0.25) is 0 Å². The number of hydrogen-bond donors (Lipinski definition) is 1. The molecule has 2 aromatic rings. The van der Waals surface area contributed by atoms with Gasteiger partial charge in [0.15, 0.2) is 17.3 Å². The second-order valence-electron chi connectivity index (χ2n) is 3.61. The topological polar surface area (TPSA) is 70.3 Å². The summed E-state index contributed by atoms with van der Waals surface area (Å²) in [4.78, 5) is 8.54. The molecule has 0 spiro atoms. The van der Waals surface area contributed by atoms with Gasteiger partial charge >= 0.3 is 0 Å². The lowest BCUT2D eigenvalue weighted by Gasteiger charge is -2.11. The molecule has 0 bridgehead atoms. The molecule has 2 N–H and O–H groups in total. The van der Waals surface area contributed by atoms with E-state index in [1.54, 1.807) is 20.4 Å². The summed E-state index contributed by atoms with van der Waals surface area (Å²) in [5.41, 5.74) is 6.60. The zero-order chi connectivity index (χ0) is 14.0. The van der Waals surface area contributed by atoms with Gasteiger partial charge < -0.3 is 15.2 Å². The molecule has 0 saturated carbocycles. The van der Waals surface area contributed by atoms with Gasteiger partial charge in [-0.25, -0.2) is 9.97 Å². The number of ether oxygens (including phenoxy) is 2. The molecule has 0 aliphatic heterocycles. The number of benzene rings is 1. The molecule has 0 atom stereocenters. The van der Waals surface area contributed by atoms with Crippen LogP contribution in [0.4, 0.5) is 5.82 Å². The van der Waals surface area contributed by atoms with Crippen LogP contribution in [-0.2, 0) is 0 Å². The Bertz CT molecular complexity index is 622. The van der Waals surface area contributed by atoms with Crippen molar-refractivity contribution in [2.24, 2.45) is 0 Å². The largest absolute Gasteiger partial charge is 0.493 e. The van der Waals surface area contributed by atoms with Crippen LogP contribution in [0.5, 0.6) is 11.5 Å². The van der Waals surface area contributed by atoms with Crippen LogP contribution in [0.15, 0.2) is 22.8 Å². The van der Waals surface area contributed by atoms with E-state index in [9.17, 15) is 0 Å². The van der Waals surface area contributed by atoms with Crippen molar-refractivity contribution in [2.45, 2.75) is 0 Å². The second-order valence-corrected chi connectivity index (χ2v) is 5.63. The van der Waals surface area contributed by atoms with Crippen LogP contribution in [-0.4, -0.2) is 24.2 Å². The first-order valence-electron chi connectivity index (χ1n) is 5.26. The highest BCUT2D eigenvalue weighted by atomic mass is 127. The molecule has 0 saturated heterocycles. The van der Waals surface area contributed by atoms with Gasteiger partial charge in [-0.1, -0.05) is 0 Å². The quantitative estimate of drug-likeness (QED) is 0.750. The highest BCUT2D eigenvalue weighted by molar-refractivity contribution is 14.1. The molecule has 0 amide bonds. The highest BCUT2D eigenvalue weighted by Gasteiger charge is 2.14. The van der Waals surface area contributed by atoms with E-state index in [2.05, 4.69) is 48.5 Å². The molecule has 5 nitrogen and oxygen atoms in total. The van der Waals surface area contributed by atoms with Gasteiger partial charge in [-0.15, -0.1) is 0 Å². The predicted octanol–water partition coefficient (Wildman–Crippen LogP) is 3.11. The van der Waals surface area contributed by atoms with Crippen LogP contribution in [0.1, 0.15) is 0 Å². The summed E-state index contributed by atoms with van der Waals surface area (Å²) in [6.45, 7) is 0. The third-order valence-corrected chi connectivity index (χ3v) is 3.97. The van der Waals surface area contributed by atoms with Gasteiger partial charge in [-0.3, -0.25) is 0 Å². The lowest BCUT2D eigenvalue weighted by molar-refractivity contribution is 0.355. The van der Waals surface area contributed by atoms with E-state index in [0.717, 1.165) is 13.6 Å². The van der Waals surface area contributed by atoms with Crippen LogP contribution in [0.25, 0.3) is 11.4 Å². The minimum atomic E-state index is 0.451. The summed E-state index contributed by atoms with van der Waals surface area (Å²) >= 11 is 5.56. The number of methoxy groups -OCH3 is 2. The average Bonchev–Trinajstić information content (AvgIpc) is 2.41. The number of nitrogen functional groups attached to an aromatic ring is 1. The van der Waals surface area contributed by atoms with Gasteiger partial charge in [0, 0.05) is 16.2 Å². The Kier molecular flexibility index (Phi) is 4.46. The molecular formula is C12H11BrIN3O2. The van der Waals surface area contributed by atoms with E-state index < -0.39 is 0 Å². The maximum absolute atomic E-state index is 5.80. The Morgan fingerprint density at radius 2 is 1.84 bits per heavy atom. The maximum Gasteiger partial charge on any atom is 0.162 e. The standard InChI is InChI=1S/C12H11BrIN3O2/c1-18-9-3-6(7(13)4-10(9)19-2)12-16-5-8(14)11(15)17-12/h3-5H,1-2H3,(H2,15,16,17). The van der Waals surface area contributed by atoms with E-state index in [4.69, 9.17) is 15.2 Å². The molecule has 0 radical (unpaired) electrons. The lowest BCUT2D eigenvalue weighted by atomic mass is 10.2. The van der Waals surface area contributed by atoms with Crippen molar-refractivity contribution in [3.05, 3.63) is 26.4 Å². The van der Waals surface area contributed by atoms with E-state index in [1.165, 1.54) is 0 Å². The SMILES string of the molecule is COc1cc(Br)c(-c2ncc(I)c(N)n2)cc1OC. The Balaban J connectivity index is 2.58. The molecule has 19 heavy (non-hydrogen) atoms. The van der Waals surface area contributed by atoms with Crippen molar-refractivity contribution in [1.82, 2.24) is 9.97 Å². The van der Waals surface area contributed by atoms with Crippen LogP contribution < -0.4 is 15.2 Å². The van der Waals surface area contributed by atoms with E-state index in [-0.39, 0.29) is 0 Å². The minimum Gasteiger partial charge on any atom is -0.493 e. The monoisotopic (exact) mass is 435 g/mol. The van der Waals surface area contributed by atoms with Crippen molar-refractivity contribution < 1.29 is 9.47 Å². The van der Waals surface area contributed by atoms with Crippen LogP contribution >= 0.6 is 38.5 Å². The van der Waals surface area contributed by atoms with E-state index in [0.29, 0.717) is 23.1 Å². The van der Waals surface area contributed by atoms with Gasteiger partial charge in [0.25, 0.3) is 0 Å². The fourth-order valence-electron chi connectivity index (χ4n) is 1.54. The van der Waals surface area contributed by atoms with Gasteiger partial charge in [-0.2, -0.15) is 0 Å². The number of anilines is 1. The molecule has 0 aliphatic carbocycles. The normalized spacial score (nSPS) is 10.3. The predicted molar refractivity (Wildman–Crippen MR) is 85.4 cm³/mol. The molecule has 7 heteroatoms. The Labute approximate surface area is 132 Å². The van der Waals surface area contributed by atoms with Crippen molar-refractivity contribution >= 4 is 44.3 Å². The van der Waals surface area contributed by atoms with E-state index >= 15 is 0 Å². The average molecular weight is 436 g/mol. The van der Waals surface area contributed by atoms with Crippen molar-refractivity contribution in [1.29, 1.82) is 0 Å². The second kappa shape index (κ2) is 5.91. The summed E-state index contributed by atoms with van der Waals surface area (Å²) in [5, 5.41) is 0. The van der Waals surface area contributed by atoms with Gasteiger partial charge in [0.2, 0.25) is 0 Å². The van der Waals surface area contributed by atoms with Gasteiger partial charge in [0.05, 0.1) is 17.8 Å². The number of halogens is 2. The van der Waals surface area contributed by atoms with Crippen LogP contribution in [0.3, 0.4) is 0 Å². The molecule has 100 valence electrons. The number of nitrogens with two attached hydrogens (primary N) is 1. The first kappa shape index (κ1) is 14.3. The molecule has 0 unspecified atom stereocenters. The molecule has 1 aromatic heterocycles. The van der Waals surface area contributed by atoms with Gasteiger partial charge in [-0.05, 0) is 50.7 Å². The molecular weight excluding hydrogens is 425 g/mol. The summed E-state index contributed by atoms with van der Waals surface area (Å²) in [5.74, 6) is 2.23. The van der Waals surface area contributed by atoms with Crippen LogP contribution in [0, 0.1) is 3.57 Å². The zero-order valence-electron chi connectivity index (χ0n) is 10.3. The van der Waals surface area contributed by atoms with Crippen molar-refractivity contribution in [2.75, 3.05) is 20.0 Å². The molecule has 0 fully saturated rings. The number of hydrogen-bond acceptors (Lipinski definition) is 5. The zero-order valence-corrected chi connectivity index (χ0v) is 14.0. The Hall–Kier alpha value is -1.09. The molecule has 1 heterocycles. The summed E-state index contributed by atoms with van der Waals surface area (Å²) in [6.07, 6.45) is 1.68. The number of rotatable bonds is 3. The third kappa shape index (κ3) is 2.92. The highest BCUT2D eigenvalue weighted by Crippen LogP contribution is 2.37. The first-order valence-corrected chi connectivity index (χ1v) is 7.14. The fourth-order valence-corrected chi connectivity index (χ4v) is 2.30. The summed E-state index contributed by atoms with van der Waals surface area (Å²) < 4.78 is 12.1. The van der Waals surface area contributed by atoms with E-state index in [1.807, 2.05) is 12.1 Å². The molecule has 0 aliphatic rings. The Morgan fingerprint density at radius 1 is 1.21 bits per heavy atom. The Morgan fingerprint density at radius 3 is 2.42 bits per heavy atom. The summed E-state index contributed by atoms with van der Waals surface area (Å²) in [7, 11) is 3.17. The summed E-state index contributed by atoms with van der Waals surface area (Å²) in [6, 6.07) is 3.62. The first-order chi connectivity index (χ1) is 9.06. The number of aromatic nitrogens is 2. The minimum absolute atomic E-state index is 0.451. The van der Waals surface area contributed by atoms with Gasteiger partial charge in [0.1, 0.15) is 5.82 Å². The fraction of sp³-hybridized carbons (Fsp3) is 0.167. The lowest BCUT2D eigenvalue weighted by Crippen LogP contribution is -1.99. The molecule has 2 rings (SSSR count). The maximum atomic E-state index is 5.80.